The first-order valence-corrected chi connectivity index (χ1v) is 4.23. The molecule has 0 amide bonds. The number of nitrogen functional groups attached to an aromatic ring is 1. The van der Waals surface area contributed by atoms with Crippen LogP contribution in [0.1, 0.15) is 15.9 Å². The van der Waals surface area contributed by atoms with Gasteiger partial charge in [-0.1, -0.05) is 5.16 Å². The largest absolute Gasteiger partial charge is 0.465 e. The lowest BCUT2D eigenvalue weighted by Gasteiger charge is -2.03. The Morgan fingerprint density at radius 1 is 1.47 bits per heavy atom. The highest BCUT2D eigenvalue weighted by molar-refractivity contribution is 5.94. The second-order valence-corrected chi connectivity index (χ2v) is 2.75. The van der Waals surface area contributed by atoms with E-state index in [1.54, 1.807) is 18.2 Å². The van der Waals surface area contributed by atoms with E-state index >= 15 is 0 Å². The number of anilines is 1. The standard InChI is InChI=1S/C10H12N2O3/c1-14-10(13)7-3-4-9(11)8(5-7)6-12-15-2/h3-6H,11H2,1-2H3. The fourth-order valence-electron chi connectivity index (χ4n) is 1.04. The fraction of sp³-hybridized carbons (Fsp3) is 0.200. The lowest BCUT2D eigenvalue weighted by molar-refractivity contribution is 0.0601. The first-order valence-electron chi connectivity index (χ1n) is 4.23. The molecule has 0 aliphatic heterocycles. The Labute approximate surface area is 87.5 Å². The zero-order valence-corrected chi connectivity index (χ0v) is 8.56. The minimum Gasteiger partial charge on any atom is -0.465 e. The van der Waals surface area contributed by atoms with Crippen LogP contribution in [0, 0.1) is 0 Å². The smallest absolute Gasteiger partial charge is 0.337 e. The molecule has 80 valence electrons. The number of benzene rings is 1. The molecule has 0 spiro atoms. The highest BCUT2D eigenvalue weighted by Gasteiger charge is 2.07. The molecule has 0 aromatic heterocycles. The maximum atomic E-state index is 11.2. The van der Waals surface area contributed by atoms with Crippen LogP contribution < -0.4 is 5.73 Å². The molecule has 0 aliphatic carbocycles. The van der Waals surface area contributed by atoms with Crippen molar-refractivity contribution >= 4 is 17.9 Å². The molecule has 0 heterocycles. The molecule has 0 saturated carbocycles. The number of oxime groups is 1. The third kappa shape index (κ3) is 2.70. The second-order valence-electron chi connectivity index (χ2n) is 2.75. The molecule has 0 radical (unpaired) electrons. The Hall–Kier alpha value is -2.04. The van der Waals surface area contributed by atoms with E-state index in [1.807, 2.05) is 0 Å². The number of nitrogens with zero attached hydrogens (tertiary/aromatic N) is 1. The van der Waals surface area contributed by atoms with Crippen molar-refractivity contribution in [3.63, 3.8) is 0 Å². The van der Waals surface area contributed by atoms with E-state index in [0.29, 0.717) is 16.8 Å². The normalized spacial score (nSPS) is 10.3. The van der Waals surface area contributed by atoms with Gasteiger partial charge in [0.1, 0.15) is 7.11 Å². The van der Waals surface area contributed by atoms with Gasteiger partial charge in [0.05, 0.1) is 18.9 Å². The van der Waals surface area contributed by atoms with Crippen molar-refractivity contribution in [1.29, 1.82) is 0 Å². The molecule has 5 heteroatoms. The minimum absolute atomic E-state index is 0.415. The van der Waals surface area contributed by atoms with Crippen molar-refractivity contribution in [3.8, 4) is 0 Å². The molecule has 1 rings (SSSR count). The van der Waals surface area contributed by atoms with Crippen LogP contribution in [0.5, 0.6) is 0 Å². The van der Waals surface area contributed by atoms with Crippen LogP contribution in [0.25, 0.3) is 0 Å². The second kappa shape index (κ2) is 4.99. The average Bonchev–Trinajstić information content (AvgIpc) is 2.27. The summed E-state index contributed by atoms with van der Waals surface area (Å²) in [7, 11) is 2.75. The van der Waals surface area contributed by atoms with Gasteiger partial charge in [-0.3, -0.25) is 0 Å². The van der Waals surface area contributed by atoms with Crippen molar-refractivity contribution in [2.75, 3.05) is 20.0 Å². The number of esters is 1. The van der Waals surface area contributed by atoms with Crippen LogP contribution in [0.2, 0.25) is 0 Å². The topological polar surface area (TPSA) is 73.9 Å². The molecule has 0 bridgehead atoms. The summed E-state index contributed by atoms with van der Waals surface area (Å²) in [4.78, 5) is 15.7. The van der Waals surface area contributed by atoms with Crippen LogP contribution in [-0.2, 0) is 9.57 Å². The van der Waals surface area contributed by atoms with Crippen LogP contribution in [0.3, 0.4) is 0 Å². The molecule has 15 heavy (non-hydrogen) atoms. The van der Waals surface area contributed by atoms with E-state index in [2.05, 4.69) is 14.7 Å². The van der Waals surface area contributed by atoms with Gasteiger partial charge in [0, 0.05) is 11.3 Å². The molecular formula is C10H12N2O3. The van der Waals surface area contributed by atoms with Crippen molar-refractivity contribution < 1.29 is 14.4 Å². The number of hydrogen-bond acceptors (Lipinski definition) is 5. The van der Waals surface area contributed by atoms with E-state index < -0.39 is 5.97 Å². The molecule has 5 nitrogen and oxygen atoms in total. The van der Waals surface area contributed by atoms with E-state index in [1.165, 1.54) is 20.4 Å². The lowest BCUT2D eigenvalue weighted by atomic mass is 10.1. The van der Waals surface area contributed by atoms with E-state index in [4.69, 9.17) is 5.73 Å². The third-order valence-corrected chi connectivity index (χ3v) is 1.81. The summed E-state index contributed by atoms with van der Waals surface area (Å²) in [6, 6.07) is 4.79. The Balaban J connectivity index is 3.05. The van der Waals surface area contributed by atoms with Crippen molar-refractivity contribution in [3.05, 3.63) is 29.3 Å². The van der Waals surface area contributed by atoms with Gasteiger partial charge in [0.15, 0.2) is 0 Å². The van der Waals surface area contributed by atoms with Crippen LogP contribution in [-0.4, -0.2) is 26.4 Å². The van der Waals surface area contributed by atoms with Gasteiger partial charge in [-0.05, 0) is 18.2 Å². The van der Waals surface area contributed by atoms with Gasteiger partial charge >= 0.3 is 5.97 Å². The molecule has 0 fully saturated rings. The Bertz CT molecular complexity index is 388. The number of rotatable bonds is 3. The maximum absolute atomic E-state index is 11.2. The number of carbonyl (C=O) groups is 1. The number of carbonyl (C=O) groups excluding carboxylic acids is 1. The quantitative estimate of drug-likeness (QED) is 0.348. The summed E-state index contributed by atoms with van der Waals surface area (Å²) in [6.07, 6.45) is 1.43. The third-order valence-electron chi connectivity index (χ3n) is 1.81. The lowest BCUT2D eigenvalue weighted by Crippen LogP contribution is -2.03. The molecule has 1 aromatic carbocycles. The fourth-order valence-corrected chi connectivity index (χ4v) is 1.04. The molecule has 0 saturated heterocycles. The summed E-state index contributed by atoms with van der Waals surface area (Å²) in [5.74, 6) is -0.415. The summed E-state index contributed by atoms with van der Waals surface area (Å²) < 4.78 is 4.58. The zero-order chi connectivity index (χ0) is 11.3. The molecule has 1 aromatic rings. The highest BCUT2D eigenvalue weighted by Crippen LogP contribution is 2.13. The first-order chi connectivity index (χ1) is 7.19. The summed E-state index contributed by atoms with van der Waals surface area (Å²) in [5, 5.41) is 3.57. The van der Waals surface area contributed by atoms with Gasteiger partial charge in [-0.25, -0.2) is 4.79 Å². The van der Waals surface area contributed by atoms with Crippen molar-refractivity contribution in [2.24, 2.45) is 5.16 Å². The van der Waals surface area contributed by atoms with E-state index in [-0.39, 0.29) is 0 Å². The van der Waals surface area contributed by atoms with Gasteiger partial charge in [0.25, 0.3) is 0 Å². The number of nitrogens with two attached hydrogens (primary N) is 1. The monoisotopic (exact) mass is 208 g/mol. The minimum atomic E-state index is -0.415. The zero-order valence-electron chi connectivity index (χ0n) is 8.56. The van der Waals surface area contributed by atoms with Gasteiger partial charge in [-0.15, -0.1) is 0 Å². The molecule has 0 atom stereocenters. The van der Waals surface area contributed by atoms with E-state index in [0.717, 1.165) is 0 Å². The predicted molar refractivity (Wildman–Crippen MR) is 56.8 cm³/mol. The van der Waals surface area contributed by atoms with Gasteiger partial charge in [-0.2, -0.15) is 0 Å². The summed E-state index contributed by atoms with van der Waals surface area (Å²) >= 11 is 0. The summed E-state index contributed by atoms with van der Waals surface area (Å²) in [6.45, 7) is 0. The van der Waals surface area contributed by atoms with Gasteiger partial charge in [0.2, 0.25) is 0 Å². The first kappa shape index (κ1) is 11.0. The molecular weight excluding hydrogens is 196 g/mol. The highest BCUT2D eigenvalue weighted by atomic mass is 16.6. The Kier molecular flexibility index (Phi) is 3.68. The van der Waals surface area contributed by atoms with Crippen LogP contribution in [0.15, 0.2) is 23.4 Å². The maximum Gasteiger partial charge on any atom is 0.337 e. The Morgan fingerprint density at radius 3 is 2.80 bits per heavy atom. The summed E-state index contributed by atoms with van der Waals surface area (Å²) in [5.41, 5.74) is 7.22. The van der Waals surface area contributed by atoms with Crippen molar-refractivity contribution in [1.82, 2.24) is 0 Å². The van der Waals surface area contributed by atoms with E-state index in [9.17, 15) is 4.79 Å². The van der Waals surface area contributed by atoms with Crippen molar-refractivity contribution in [2.45, 2.75) is 0 Å². The average molecular weight is 208 g/mol. The molecule has 0 unspecified atom stereocenters. The molecule has 2 N–H and O–H groups in total. The molecule has 0 aliphatic rings. The van der Waals surface area contributed by atoms with Crippen LogP contribution >= 0.6 is 0 Å². The Morgan fingerprint density at radius 2 is 2.20 bits per heavy atom. The van der Waals surface area contributed by atoms with Gasteiger partial charge < -0.3 is 15.3 Å². The SMILES string of the molecule is CON=Cc1cc(C(=O)OC)ccc1N. The van der Waals surface area contributed by atoms with Crippen LogP contribution in [0.4, 0.5) is 5.69 Å². The number of hydrogen-bond donors (Lipinski definition) is 1. The predicted octanol–water partition coefficient (Wildman–Crippen LogP) is 1.04. The number of ether oxygens (including phenoxy) is 1. The number of methoxy groups -OCH3 is 1.